The van der Waals surface area contributed by atoms with E-state index in [0.717, 1.165) is 26.1 Å². The van der Waals surface area contributed by atoms with Crippen molar-refractivity contribution in [2.24, 2.45) is 0 Å². The molecule has 1 N–H and O–H groups in total. The molecule has 0 aliphatic carbocycles. The molecule has 1 saturated heterocycles. The molecule has 2 rings (SSSR count). The van der Waals surface area contributed by atoms with Crippen LogP contribution in [0.15, 0.2) is 12.1 Å². The van der Waals surface area contributed by atoms with Gasteiger partial charge in [-0.1, -0.05) is 18.5 Å². The number of rotatable bonds is 5. The van der Waals surface area contributed by atoms with Crippen molar-refractivity contribution in [3.63, 3.8) is 0 Å². The molecule has 2 heterocycles. The number of aromatic nitrogens is 1. The Morgan fingerprint density at radius 1 is 1.57 bits per heavy atom. The summed E-state index contributed by atoms with van der Waals surface area (Å²) in [6.45, 7) is 5.09. The van der Waals surface area contributed by atoms with Crippen molar-refractivity contribution >= 4 is 23.3 Å². The van der Waals surface area contributed by atoms with Crippen molar-refractivity contribution in [3.8, 4) is 0 Å². The normalized spacial score (nSPS) is 18.8. The van der Waals surface area contributed by atoms with E-state index in [0.29, 0.717) is 22.6 Å². The fourth-order valence-electron chi connectivity index (χ4n) is 2.89. The van der Waals surface area contributed by atoms with Gasteiger partial charge in [-0.05, 0) is 38.1 Å². The van der Waals surface area contributed by atoms with Crippen LogP contribution in [0, 0.1) is 0 Å². The second kappa shape index (κ2) is 7.09. The maximum Gasteiger partial charge on any atom is 0.253 e. The lowest BCUT2D eigenvalue weighted by molar-refractivity contribution is 0.0754. The third-order valence-corrected chi connectivity index (χ3v) is 4.23. The molecule has 1 aromatic heterocycles. The second-order valence-electron chi connectivity index (χ2n) is 5.42. The van der Waals surface area contributed by atoms with Crippen LogP contribution < -0.4 is 5.32 Å². The van der Waals surface area contributed by atoms with Gasteiger partial charge in [0.1, 0.15) is 11.0 Å². The number of nitrogens with one attached hydrogen (secondary N) is 1. The van der Waals surface area contributed by atoms with Crippen LogP contribution in [0.5, 0.6) is 0 Å². The molecule has 1 unspecified atom stereocenters. The van der Waals surface area contributed by atoms with Gasteiger partial charge in [0.2, 0.25) is 0 Å². The quantitative estimate of drug-likeness (QED) is 0.848. The Morgan fingerprint density at radius 3 is 3.00 bits per heavy atom. The average molecular weight is 311 g/mol. The fourth-order valence-corrected chi connectivity index (χ4v) is 3.09. The molecule has 0 spiro atoms. The number of amides is 1. The predicted octanol–water partition coefficient (Wildman–Crippen LogP) is 2.33. The molecule has 1 fully saturated rings. The highest BCUT2D eigenvalue weighted by molar-refractivity contribution is 6.29. The van der Waals surface area contributed by atoms with E-state index in [9.17, 15) is 4.79 Å². The van der Waals surface area contributed by atoms with Crippen LogP contribution in [0.1, 0.15) is 30.1 Å². The number of anilines is 1. The summed E-state index contributed by atoms with van der Waals surface area (Å²) in [7, 11) is 3.61. The summed E-state index contributed by atoms with van der Waals surface area (Å²) >= 11 is 5.96. The van der Waals surface area contributed by atoms with Crippen molar-refractivity contribution in [2.75, 3.05) is 39.0 Å². The van der Waals surface area contributed by atoms with Gasteiger partial charge in [-0.25, -0.2) is 4.98 Å². The van der Waals surface area contributed by atoms with E-state index in [2.05, 4.69) is 22.1 Å². The smallest absolute Gasteiger partial charge is 0.253 e. The van der Waals surface area contributed by atoms with E-state index < -0.39 is 0 Å². The molecule has 116 valence electrons. The van der Waals surface area contributed by atoms with Gasteiger partial charge in [0.05, 0.1) is 0 Å². The topological polar surface area (TPSA) is 48.5 Å². The van der Waals surface area contributed by atoms with Crippen molar-refractivity contribution in [1.29, 1.82) is 0 Å². The first kappa shape index (κ1) is 16.0. The number of hydrogen-bond acceptors (Lipinski definition) is 4. The van der Waals surface area contributed by atoms with Crippen LogP contribution in [0.3, 0.4) is 0 Å². The van der Waals surface area contributed by atoms with Crippen molar-refractivity contribution in [2.45, 2.75) is 25.8 Å². The summed E-state index contributed by atoms with van der Waals surface area (Å²) in [5.74, 6) is 0.592. The van der Waals surface area contributed by atoms with Crippen molar-refractivity contribution in [1.82, 2.24) is 14.8 Å². The summed E-state index contributed by atoms with van der Waals surface area (Å²) in [6, 6.07) is 3.81. The second-order valence-corrected chi connectivity index (χ2v) is 5.81. The minimum Gasteiger partial charge on any atom is -0.373 e. The molecule has 1 aliphatic rings. The minimum absolute atomic E-state index is 0.0150. The Balaban J connectivity index is 2.07. The highest BCUT2D eigenvalue weighted by Crippen LogP contribution is 2.19. The van der Waals surface area contributed by atoms with Gasteiger partial charge in [0.25, 0.3) is 5.91 Å². The van der Waals surface area contributed by atoms with Crippen LogP contribution in [0.25, 0.3) is 0 Å². The monoisotopic (exact) mass is 310 g/mol. The zero-order chi connectivity index (χ0) is 15.4. The lowest BCUT2D eigenvalue weighted by atomic mass is 10.2. The minimum atomic E-state index is -0.0150. The van der Waals surface area contributed by atoms with Gasteiger partial charge in [0.15, 0.2) is 0 Å². The molecule has 1 aliphatic heterocycles. The zero-order valence-electron chi connectivity index (χ0n) is 12.9. The Labute approximate surface area is 131 Å². The summed E-state index contributed by atoms with van der Waals surface area (Å²) in [4.78, 5) is 20.9. The number of halogens is 1. The largest absolute Gasteiger partial charge is 0.373 e. The predicted molar refractivity (Wildman–Crippen MR) is 86.0 cm³/mol. The van der Waals surface area contributed by atoms with E-state index in [1.165, 1.54) is 6.42 Å². The number of pyridine rings is 1. The van der Waals surface area contributed by atoms with Gasteiger partial charge >= 0.3 is 0 Å². The zero-order valence-corrected chi connectivity index (χ0v) is 13.7. The molecular formula is C15H23ClN4O. The van der Waals surface area contributed by atoms with Crippen LogP contribution >= 0.6 is 11.6 Å². The van der Waals surface area contributed by atoms with E-state index in [1.54, 1.807) is 24.1 Å². The van der Waals surface area contributed by atoms with E-state index in [4.69, 9.17) is 11.6 Å². The molecule has 1 aromatic rings. The molecule has 0 bridgehead atoms. The first-order chi connectivity index (χ1) is 10.0. The highest BCUT2D eigenvalue weighted by atomic mass is 35.5. The molecule has 1 atom stereocenters. The number of likely N-dealkylation sites (tertiary alicyclic amines) is 1. The standard InChI is InChI=1S/C15H23ClN4O/c1-4-20-7-5-6-12(20)10-19(3)15(21)11-8-13(16)18-14(9-11)17-2/h8-9,12H,4-7,10H2,1-3H3,(H,17,18). The van der Waals surface area contributed by atoms with Gasteiger partial charge < -0.3 is 10.2 Å². The summed E-state index contributed by atoms with van der Waals surface area (Å²) in [5.41, 5.74) is 0.572. The van der Waals surface area contributed by atoms with Crippen LogP contribution in [0.4, 0.5) is 5.82 Å². The SMILES string of the molecule is CCN1CCCC1CN(C)C(=O)c1cc(Cl)nc(NC)c1. The van der Waals surface area contributed by atoms with Crippen LogP contribution in [-0.2, 0) is 0 Å². The van der Waals surface area contributed by atoms with E-state index in [-0.39, 0.29) is 5.91 Å². The van der Waals surface area contributed by atoms with Gasteiger partial charge in [0, 0.05) is 32.2 Å². The molecule has 5 nitrogen and oxygen atoms in total. The Bertz CT molecular complexity index is 508. The molecular weight excluding hydrogens is 288 g/mol. The highest BCUT2D eigenvalue weighted by Gasteiger charge is 2.26. The van der Waals surface area contributed by atoms with Gasteiger partial charge in [-0.2, -0.15) is 0 Å². The first-order valence-electron chi connectivity index (χ1n) is 7.40. The summed E-state index contributed by atoms with van der Waals surface area (Å²) in [5, 5.41) is 3.25. The molecule has 21 heavy (non-hydrogen) atoms. The number of likely N-dealkylation sites (N-methyl/N-ethyl adjacent to an activating group) is 2. The Morgan fingerprint density at radius 2 is 2.33 bits per heavy atom. The number of nitrogens with zero attached hydrogens (tertiary/aromatic N) is 3. The summed E-state index contributed by atoms with van der Waals surface area (Å²) < 4.78 is 0. The molecule has 0 saturated carbocycles. The number of carbonyl (C=O) groups excluding carboxylic acids is 1. The number of hydrogen-bond donors (Lipinski definition) is 1. The maximum atomic E-state index is 12.5. The average Bonchev–Trinajstić information content (AvgIpc) is 2.92. The third-order valence-electron chi connectivity index (χ3n) is 4.03. The Kier molecular flexibility index (Phi) is 5.42. The molecule has 6 heteroatoms. The maximum absolute atomic E-state index is 12.5. The fraction of sp³-hybridized carbons (Fsp3) is 0.600. The lowest BCUT2D eigenvalue weighted by Gasteiger charge is -2.27. The van der Waals surface area contributed by atoms with Gasteiger partial charge in [-0.15, -0.1) is 0 Å². The van der Waals surface area contributed by atoms with Crippen LogP contribution in [-0.4, -0.2) is 60.5 Å². The molecule has 1 amide bonds. The molecule has 0 aromatic carbocycles. The first-order valence-corrected chi connectivity index (χ1v) is 7.77. The van der Waals surface area contributed by atoms with Crippen molar-refractivity contribution < 1.29 is 4.79 Å². The van der Waals surface area contributed by atoms with Crippen molar-refractivity contribution in [3.05, 3.63) is 22.8 Å². The molecule has 0 radical (unpaired) electrons. The lowest BCUT2D eigenvalue weighted by Crippen LogP contribution is -2.41. The number of carbonyl (C=O) groups is 1. The van der Waals surface area contributed by atoms with E-state index >= 15 is 0 Å². The summed E-state index contributed by atoms with van der Waals surface area (Å²) in [6.07, 6.45) is 2.37. The van der Waals surface area contributed by atoms with E-state index in [1.807, 2.05) is 7.05 Å². The van der Waals surface area contributed by atoms with Crippen LogP contribution in [0.2, 0.25) is 5.15 Å². The van der Waals surface area contributed by atoms with Gasteiger partial charge in [-0.3, -0.25) is 9.69 Å². The Hall–Kier alpha value is -1.33. The third kappa shape index (κ3) is 3.86.